The van der Waals surface area contributed by atoms with Crippen LogP contribution in [0.3, 0.4) is 0 Å². The fraction of sp³-hybridized carbons (Fsp3) is 0.458. The van der Waals surface area contributed by atoms with Crippen molar-refractivity contribution in [2.45, 2.75) is 63.1 Å². The van der Waals surface area contributed by atoms with E-state index in [4.69, 9.17) is 10.8 Å². The highest BCUT2D eigenvalue weighted by molar-refractivity contribution is 5.72. The number of benzene rings is 2. The van der Waals surface area contributed by atoms with Gasteiger partial charge in [-0.3, -0.25) is 9.69 Å². The first-order valence-electron chi connectivity index (χ1n) is 11.3. The number of rotatable bonds is 10. The summed E-state index contributed by atoms with van der Waals surface area (Å²) in [6, 6.07) is 0.0638. The average molecular weight is 598 g/mol. The van der Waals surface area contributed by atoms with Crippen molar-refractivity contribution in [2.75, 3.05) is 6.54 Å². The Bertz CT molecular complexity index is 1030. The maximum Gasteiger partial charge on any atom is 0.416 e. The molecule has 0 saturated carbocycles. The summed E-state index contributed by atoms with van der Waals surface area (Å²) >= 11 is 0. The summed E-state index contributed by atoms with van der Waals surface area (Å²) in [5.41, 5.74) is -2.33. The van der Waals surface area contributed by atoms with Gasteiger partial charge in [-0.15, -0.1) is 0 Å². The van der Waals surface area contributed by atoms with Crippen LogP contribution in [0, 0.1) is 0 Å². The highest BCUT2D eigenvalue weighted by atomic mass is 19.4. The fourth-order valence-electron chi connectivity index (χ4n) is 3.77. The number of carboxylic acids is 1. The second kappa shape index (κ2) is 12.2. The lowest BCUT2D eigenvalue weighted by atomic mass is 10.0. The van der Waals surface area contributed by atoms with Crippen LogP contribution in [0.1, 0.15) is 52.6 Å². The minimum absolute atomic E-state index is 0.0250. The van der Waals surface area contributed by atoms with Crippen molar-refractivity contribution < 1.29 is 62.6 Å². The summed E-state index contributed by atoms with van der Waals surface area (Å²) in [7, 11) is 0. The molecule has 40 heavy (non-hydrogen) atoms. The third-order valence-electron chi connectivity index (χ3n) is 5.66. The molecular weight excluding hydrogens is 576 g/mol. The van der Waals surface area contributed by atoms with E-state index in [1.165, 1.54) is 0 Å². The quantitative estimate of drug-likeness (QED) is 0.222. The van der Waals surface area contributed by atoms with E-state index in [2.05, 4.69) is 0 Å². The Morgan fingerprint density at radius 2 is 0.975 bits per heavy atom. The first kappa shape index (κ1) is 33.2. The normalized spacial score (nSPS) is 14.1. The van der Waals surface area contributed by atoms with Gasteiger partial charge in [-0.05, 0) is 66.9 Å². The minimum atomic E-state index is -5.18. The van der Waals surface area contributed by atoms with E-state index in [0.29, 0.717) is 24.3 Å². The number of carbonyl (C=O) groups is 1. The van der Waals surface area contributed by atoms with E-state index in [9.17, 15) is 57.5 Å². The van der Waals surface area contributed by atoms with Crippen LogP contribution >= 0.6 is 0 Å². The Kier molecular flexibility index (Phi) is 10.2. The van der Waals surface area contributed by atoms with E-state index in [-0.39, 0.29) is 37.9 Å². The predicted molar refractivity (Wildman–Crippen MR) is 116 cm³/mol. The molecule has 0 aliphatic heterocycles. The molecule has 0 saturated heterocycles. The molecule has 4 nitrogen and oxygen atoms in total. The number of unbranched alkanes of at least 4 members (excludes halogenated alkanes) is 1. The number of alkyl halides is 12. The summed E-state index contributed by atoms with van der Waals surface area (Å²) in [6.45, 7) is -1.66. The molecular formula is C24H22F12N2O2. The number of hydrogen-bond donors (Lipinski definition) is 2. The van der Waals surface area contributed by atoms with Crippen LogP contribution in [0.5, 0.6) is 0 Å². The molecule has 0 spiro atoms. The summed E-state index contributed by atoms with van der Waals surface area (Å²) in [5, 5.41) is 8.84. The SMILES string of the molecule is NC(CCCCN(Cc1cc(C(F)(F)F)cc(C(F)(F)F)c1)Cc1cc(C(F)(F)F)cc(C(F)(F)F)c1)C(=O)O. The van der Waals surface area contributed by atoms with Crippen molar-refractivity contribution in [3.8, 4) is 0 Å². The number of hydrogen-bond acceptors (Lipinski definition) is 3. The summed E-state index contributed by atoms with van der Waals surface area (Å²) in [5.74, 6) is -1.34. The van der Waals surface area contributed by atoms with Gasteiger partial charge in [0.15, 0.2) is 0 Å². The molecule has 1 unspecified atom stereocenters. The van der Waals surface area contributed by atoms with Crippen LogP contribution in [0.4, 0.5) is 52.7 Å². The van der Waals surface area contributed by atoms with Gasteiger partial charge in [0.25, 0.3) is 0 Å². The molecule has 3 N–H and O–H groups in total. The molecule has 16 heteroatoms. The van der Waals surface area contributed by atoms with Crippen molar-refractivity contribution in [3.63, 3.8) is 0 Å². The Morgan fingerprint density at radius 1 is 0.650 bits per heavy atom. The first-order chi connectivity index (χ1) is 18.1. The number of nitrogens with two attached hydrogens (primary N) is 1. The van der Waals surface area contributed by atoms with Crippen LogP contribution < -0.4 is 5.73 Å². The highest BCUT2D eigenvalue weighted by Crippen LogP contribution is 2.38. The van der Waals surface area contributed by atoms with Crippen molar-refractivity contribution in [1.82, 2.24) is 4.90 Å². The zero-order valence-corrected chi connectivity index (χ0v) is 20.2. The van der Waals surface area contributed by atoms with Crippen LogP contribution in [-0.4, -0.2) is 28.6 Å². The Hall–Kier alpha value is -3.01. The standard InChI is InChI=1S/C24H22F12N2O2/c25-21(26,27)15-5-13(6-16(9-15)22(28,29)30)11-38(4-2-1-3-19(37)20(39)40)12-14-7-17(23(31,32)33)10-18(8-14)24(34,35)36/h5-10,19H,1-4,11-12,37H2,(H,39,40). The number of nitrogens with zero attached hydrogens (tertiary/aromatic N) is 1. The zero-order valence-electron chi connectivity index (χ0n) is 20.2. The van der Waals surface area contributed by atoms with E-state index in [1.54, 1.807) is 0 Å². The number of aliphatic carboxylic acids is 1. The zero-order chi connectivity index (χ0) is 30.7. The maximum absolute atomic E-state index is 13.3. The van der Waals surface area contributed by atoms with Crippen LogP contribution in [0.25, 0.3) is 0 Å². The van der Waals surface area contributed by atoms with E-state index in [0.717, 1.165) is 4.90 Å². The number of carboxylic acid groups (broad SMARTS) is 1. The molecule has 0 fully saturated rings. The largest absolute Gasteiger partial charge is 0.480 e. The average Bonchev–Trinajstić information content (AvgIpc) is 2.78. The Balaban J connectivity index is 2.48. The van der Waals surface area contributed by atoms with Gasteiger partial charge in [0.1, 0.15) is 6.04 Å². The Morgan fingerprint density at radius 3 is 1.25 bits per heavy atom. The van der Waals surface area contributed by atoms with Crippen molar-refractivity contribution in [3.05, 3.63) is 69.8 Å². The minimum Gasteiger partial charge on any atom is -0.480 e. The Labute approximate surface area is 219 Å². The molecule has 0 bridgehead atoms. The molecule has 1 atom stereocenters. The summed E-state index contributed by atoms with van der Waals surface area (Å²) in [6.07, 6.45) is -20.7. The van der Waals surface area contributed by atoms with E-state index in [1.807, 2.05) is 0 Å². The molecule has 2 aromatic carbocycles. The molecule has 0 amide bonds. The highest BCUT2D eigenvalue weighted by Gasteiger charge is 2.38. The van der Waals surface area contributed by atoms with Gasteiger partial charge in [-0.25, -0.2) is 0 Å². The molecule has 0 radical (unpaired) electrons. The van der Waals surface area contributed by atoms with Crippen LogP contribution in [0.15, 0.2) is 36.4 Å². The van der Waals surface area contributed by atoms with Gasteiger partial charge in [-0.1, -0.05) is 6.42 Å². The molecule has 224 valence electrons. The fourth-order valence-corrected chi connectivity index (χ4v) is 3.77. The van der Waals surface area contributed by atoms with Gasteiger partial charge >= 0.3 is 30.7 Å². The van der Waals surface area contributed by atoms with Gasteiger partial charge in [0.05, 0.1) is 22.3 Å². The molecule has 0 aliphatic carbocycles. The lowest BCUT2D eigenvalue weighted by molar-refractivity contribution is -0.144. The van der Waals surface area contributed by atoms with Gasteiger partial charge in [0, 0.05) is 13.1 Å². The summed E-state index contributed by atoms with van der Waals surface area (Å²) in [4.78, 5) is 11.9. The molecule has 2 aromatic rings. The lowest BCUT2D eigenvalue weighted by Crippen LogP contribution is -2.30. The van der Waals surface area contributed by atoms with E-state index < -0.39 is 83.2 Å². The smallest absolute Gasteiger partial charge is 0.416 e. The first-order valence-corrected chi connectivity index (χ1v) is 11.3. The van der Waals surface area contributed by atoms with Crippen LogP contribution in [0.2, 0.25) is 0 Å². The second-order valence-corrected chi connectivity index (χ2v) is 8.98. The van der Waals surface area contributed by atoms with Crippen LogP contribution in [-0.2, 0) is 42.6 Å². The summed E-state index contributed by atoms with van der Waals surface area (Å²) < 4.78 is 159. The van der Waals surface area contributed by atoms with Gasteiger partial charge < -0.3 is 10.8 Å². The van der Waals surface area contributed by atoms with Gasteiger partial charge in [-0.2, -0.15) is 52.7 Å². The topological polar surface area (TPSA) is 66.6 Å². The molecule has 0 aliphatic rings. The molecule has 0 aromatic heterocycles. The number of halogens is 12. The molecule has 2 rings (SSSR count). The van der Waals surface area contributed by atoms with Gasteiger partial charge in [0.2, 0.25) is 0 Å². The lowest BCUT2D eigenvalue weighted by Gasteiger charge is -2.25. The van der Waals surface area contributed by atoms with Crippen molar-refractivity contribution >= 4 is 5.97 Å². The third-order valence-corrected chi connectivity index (χ3v) is 5.66. The predicted octanol–water partition coefficient (Wildman–Crippen LogP) is 7.35. The monoisotopic (exact) mass is 598 g/mol. The molecule has 0 heterocycles. The third kappa shape index (κ3) is 9.87. The second-order valence-electron chi connectivity index (χ2n) is 8.98. The maximum atomic E-state index is 13.3. The van der Waals surface area contributed by atoms with E-state index >= 15 is 0 Å². The van der Waals surface area contributed by atoms with Crippen molar-refractivity contribution in [2.24, 2.45) is 5.73 Å². The van der Waals surface area contributed by atoms with Crippen molar-refractivity contribution in [1.29, 1.82) is 0 Å².